The van der Waals surface area contributed by atoms with E-state index in [9.17, 15) is 4.79 Å². The molecule has 14 heavy (non-hydrogen) atoms. The molecule has 2 amide bonds. The van der Waals surface area contributed by atoms with Crippen molar-refractivity contribution in [2.45, 2.75) is 0 Å². The number of amides is 2. The average molecular weight is 320 g/mol. The molecule has 0 spiro atoms. The van der Waals surface area contributed by atoms with Crippen molar-refractivity contribution in [2.24, 2.45) is 0 Å². The first kappa shape index (κ1) is 9.98. The Morgan fingerprint density at radius 3 is 2.71 bits per heavy atom. The fraction of sp³-hybridized carbons (Fsp3) is 0.222. The Morgan fingerprint density at radius 1 is 1.36 bits per heavy atom. The van der Waals surface area contributed by atoms with Crippen LogP contribution in [0.5, 0.6) is 0 Å². The minimum absolute atomic E-state index is 0.0342. The van der Waals surface area contributed by atoms with Gasteiger partial charge in [0.05, 0.1) is 5.69 Å². The Kier molecular flexibility index (Phi) is 2.78. The highest BCUT2D eigenvalue weighted by Gasteiger charge is 2.22. The highest BCUT2D eigenvalue weighted by molar-refractivity contribution is 9.11. The lowest BCUT2D eigenvalue weighted by atomic mass is 10.3. The van der Waals surface area contributed by atoms with Gasteiger partial charge in [-0.05, 0) is 34.1 Å². The summed E-state index contributed by atoms with van der Waals surface area (Å²) in [7, 11) is 0. The van der Waals surface area contributed by atoms with Gasteiger partial charge in [-0.25, -0.2) is 4.79 Å². The second-order valence-corrected chi connectivity index (χ2v) is 4.75. The van der Waals surface area contributed by atoms with Crippen LogP contribution in [0.25, 0.3) is 0 Å². The Morgan fingerprint density at radius 2 is 2.14 bits per heavy atom. The molecule has 1 saturated heterocycles. The highest BCUT2D eigenvalue weighted by atomic mass is 79.9. The van der Waals surface area contributed by atoms with Gasteiger partial charge in [-0.2, -0.15) is 0 Å². The molecule has 1 fully saturated rings. The SMILES string of the molecule is O=C1NCCN1c1ccc(Br)cc1Br. The summed E-state index contributed by atoms with van der Waals surface area (Å²) in [5.74, 6) is 0. The van der Waals surface area contributed by atoms with Crippen LogP contribution in [0.15, 0.2) is 27.1 Å². The number of halogens is 2. The molecule has 0 atom stereocenters. The van der Waals surface area contributed by atoms with Gasteiger partial charge in [0.15, 0.2) is 0 Å². The third-order valence-corrected chi connectivity index (χ3v) is 3.19. The topological polar surface area (TPSA) is 32.3 Å². The van der Waals surface area contributed by atoms with E-state index in [-0.39, 0.29) is 6.03 Å². The van der Waals surface area contributed by atoms with Crippen LogP contribution in [0, 0.1) is 0 Å². The fourth-order valence-electron chi connectivity index (χ4n) is 1.40. The molecule has 1 aromatic carbocycles. The van der Waals surface area contributed by atoms with Crippen molar-refractivity contribution in [3.8, 4) is 0 Å². The highest BCUT2D eigenvalue weighted by Crippen LogP contribution is 2.30. The maximum Gasteiger partial charge on any atom is 0.322 e. The molecular formula is C9H8Br2N2O. The maximum atomic E-state index is 11.4. The van der Waals surface area contributed by atoms with E-state index in [2.05, 4.69) is 37.2 Å². The number of rotatable bonds is 1. The smallest absolute Gasteiger partial charge is 0.322 e. The molecule has 0 saturated carbocycles. The molecule has 0 radical (unpaired) electrons. The van der Waals surface area contributed by atoms with E-state index in [1.54, 1.807) is 4.90 Å². The van der Waals surface area contributed by atoms with Crippen LogP contribution in [0.1, 0.15) is 0 Å². The van der Waals surface area contributed by atoms with Crippen LogP contribution in [-0.4, -0.2) is 19.1 Å². The van der Waals surface area contributed by atoms with Crippen molar-refractivity contribution in [1.82, 2.24) is 5.32 Å². The number of carbonyl (C=O) groups excluding carboxylic acids is 1. The molecule has 1 heterocycles. The Labute approximate surface area is 98.7 Å². The number of anilines is 1. The number of nitrogens with one attached hydrogen (secondary N) is 1. The molecule has 1 aromatic rings. The van der Waals surface area contributed by atoms with Gasteiger partial charge in [0.2, 0.25) is 0 Å². The second-order valence-electron chi connectivity index (χ2n) is 2.98. The average Bonchev–Trinajstić information content (AvgIpc) is 2.52. The third-order valence-electron chi connectivity index (χ3n) is 2.06. The summed E-state index contributed by atoms with van der Waals surface area (Å²) < 4.78 is 1.91. The van der Waals surface area contributed by atoms with Gasteiger partial charge < -0.3 is 5.32 Å². The largest absolute Gasteiger partial charge is 0.336 e. The molecule has 74 valence electrons. The number of carbonyl (C=O) groups is 1. The summed E-state index contributed by atoms with van der Waals surface area (Å²) in [5.41, 5.74) is 0.906. The Bertz CT molecular complexity index is 381. The van der Waals surface area contributed by atoms with Crippen LogP contribution >= 0.6 is 31.9 Å². The number of nitrogens with zero attached hydrogens (tertiary/aromatic N) is 1. The molecule has 0 aromatic heterocycles. The summed E-state index contributed by atoms with van der Waals surface area (Å²) in [6.07, 6.45) is 0. The third kappa shape index (κ3) is 1.79. The predicted molar refractivity (Wildman–Crippen MR) is 62.6 cm³/mol. The maximum absolute atomic E-state index is 11.4. The molecule has 0 bridgehead atoms. The van der Waals surface area contributed by atoms with Gasteiger partial charge >= 0.3 is 6.03 Å². The lowest BCUT2D eigenvalue weighted by molar-refractivity contribution is 0.252. The van der Waals surface area contributed by atoms with E-state index in [4.69, 9.17) is 0 Å². The van der Waals surface area contributed by atoms with Gasteiger partial charge in [-0.3, -0.25) is 4.90 Å². The molecule has 0 unspecified atom stereocenters. The van der Waals surface area contributed by atoms with Gasteiger partial charge in [-0.1, -0.05) is 15.9 Å². The molecular weight excluding hydrogens is 312 g/mol. The summed E-state index contributed by atoms with van der Waals surface area (Å²) in [6.45, 7) is 1.43. The number of hydrogen-bond acceptors (Lipinski definition) is 1. The van der Waals surface area contributed by atoms with Crippen LogP contribution in [-0.2, 0) is 0 Å². The molecule has 3 nitrogen and oxygen atoms in total. The minimum Gasteiger partial charge on any atom is -0.336 e. The molecule has 1 aliphatic heterocycles. The first-order chi connectivity index (χ1) is 6.68. The van der Waals surface area contributed by atoms with E-state index in [0.717, 1.165) is 21.2 Å². The van der Waals surface area contributed by atoms with Crippen molar-refractivity contribution >= 4 is 43.6 Å². The first-order valence-corrected chi connectivity index (χ1v) is 5.77. The summed E-state index contributed by atoms with van der Waals surface area (Å²) in [4.78, 5) is 13.1. The predicted octanol–water partition coefficient (Wildman–Crippen LogP) is 2.74. The standard InChI is InChI=1S/C9H8Br2N2O/c10-6-1-2-8(7(11)5-6)13-4-3-12-9(13)14/h1-2,5H,3-4H2,(H,12,14). The first-order valence-electron chi connectivity index (χ1n) is 4.19. The van der Waals surface area contributed by atoms with Gasteiger partial charge in [-0.15, -0.1) is 0 Å². The lowest BCUT2D eigenvalue weighted by Gasteiger charge is -2.15. The quantitative estimate of drug-likeness (QED) is 0.848. The monoisotopic (exact) mass is 318 g/mol. The number of benzene rings is 1. The van der Waals surface area contributed by atoms with Crippen molar-refractivity contribution in [1.29, 1.82) is 0 Å². The van der Waals surface area contributed by atoms with Crippen molar-refractivity contribution in [3.63, 3.8) is 0 Å². The van der Waals surface area contributed by atoms with E-state index < -0.39 is 0 Å². The van der Waals surface area contributed by atoms with E-state index >= 15 is 0 Å². The zero-order valence-electron chi connectivity index (χ0n) is 7.26. The van der Waals surface area contributed by atoms with Crippen molar-refractivity contribution in [3.05, 3.63) is 27.1 Å². The van der Waals surface area contributed by atoms with Gasteiger partial charge in [0.1, 0.15) is 0 Å². The zero-order valence-corrected chi connectivity index (χ0v) is 10.4. The van der Waals surface area contributed by atoms with Gasteiger partial charge in [0, 0.05) is 22.0 Å². The minimum atomic E-state index is -0.0342. The van der Waals surface area contributed by atoms with Crippen molar-refractivity contribution < 1.29 is 4.79 Å². The fourth-order valence-corrected chi connectivity index (χ4v) is 2.66. The van der Waals surface area contributed by atoms with E-state index in [0.29, 0.717) is 6.54 Å². The van der Waals surface area contributed by atoms with Crippen LogP contribution in [0.4, 0.5) is 10.5 Å². The zero-order chi connectivity index (χ0) is 10.1. The second kappa shape index (κ2) is 3.90. The van der Waals surface area contributed by atoms with Gasteiger partial charge in [0.25, 0.3) is 0 Å². The molecule has 5 heteroatoms. The Balaban J connectivity index is 2.36. The Hall–Kier alpha value is -0.550. The van der Waals surface area contributed by atoms with Crippen molar-refractivity contribution in [2.75, 3.05) is 18.0 Å². The van der Waals surface area contributed by atoms with Crippen LogP contribution in [0.2, 0.25) is 0 Å². The number of urea groups is 1. The van der Waals surface area contributed by atoms with E-state index in [1.165, 1.54) is 0 Å². The number of hydrogen-bond donors (Lipinski definition) is 1. The van der Waals surface area contributed by atoms with Crippen LogP contribution < -0.4 is 10.2 Å². The molecule has 1 aliphatic rings. The lowest BCUT2D eigenvalue weighted by Crippen LogP contribution is -2.27. The van der Waals surface area contributed by atoms with Crippen LogP contribution in [0.3, 0.4) is 0 Å². The van der Waals surface area contributed by atoms with E-state index in [1.807, 2.05) is 18.2 Å². The summed E-state index contributed by atoms with van der Waals surface area (Å²) in [6, 6.07) is 5.74. The molecule has 2 rings (SSSR count). The summed E-state index contributed by atoms with van der Waals surface area (Å²) in [5, 5.41) is 2.76. The molecule has 0 aliphatic carbocycles. The normalized spacial score (nSPS) is 15.9. The summed E-state index contributed by atoms with van der Waals surface area (Å²) >= 11 is 6.80. The molecule has 1 N–H and O–H groups in total.